The van der Waals surface area contributed by atoms with Gasteiger partial charge in [0, 0.05) is 21.3 Å². The van der Waals surface area contributed by atoms with Crippen LogP contribution in [0.15, 0.2) is 105 Å². The Kier molecular flexibility index (Phi) is 166. The van der Waals surface area contributed by atoms with Crippen molar-refractivity contribution in [3.05, 3.63) is 105 Å². The zero-order valence-electron chi connectivity index (χ0n) is 54.5. The monoisotopic (exact) mass is 1130 g/mol. The van der Waals surface area contributed by atoms with Crippen LogP contribution in [0.25, 0.3) is 0 Å². The van der Waals surface area contributed by atoms with Crippen molar-refractivity contribution in [1.82, 2.24) is 0 Å². The van der Waals surface area contributed by atoms with E-state index in [0.29, 0.717) is 37.9 Å². The standard InChI is InChI=1S/2C8H18.C6H14.C5H12O.2C5H12.C2H8Ge.C2H6O.C2H6S.8C2H4.2CH3.Sn/c2*1-7(2,3)8(4,5)6;1-5-6(2,3)4;1-5(2,3)6-4;2*1-5(2,3)4;3*1-3-2;8*1-2;;;/h2*1-6H3;5H2,1-4H3;1-4H3;2*1-4H3;3H2,1-2H3;2*1-2H3;8*1-2H2;2*1H3;. The SMILES string of the molecule is C=C.C=C.C=C.C=C.C=C.C=C.C=C.C=C.CC(C)(C)C.CC(C)(C)C.CC(C)(C)C(C)(C)C.CC(C)(C)C(C)(C)C.CCC(C)(C)C.COC.COC(C)(C)C.CSC.[CH3][GeH2][CH3].[CH3][Sn][CH3]. The summed E-state index contributed by atoms with van der Waals surface area (Å²) < 4.78 is 9.19. The van der Waals surface area contributed by atoms with Gasteiger partial charge in [-0.1, -0.05) is 173 Å². The average Bonchev–Trinajstić information content (AvgIpc) is 3.17. The van der Waals surface area contributed by atoms with Crippen LogP contribution in [0.2, 0.25) is 21.4 Å². The molecule has 0 aliphatic rings. The number of rotatable bonds is 0. The summed E-state index contributed by atoms with van der Waals surface area (Å²) in [7, 11) is 4.96. The van der Waals surface area contributed by atoms with Crippen LogP contribution in [0.4, 0.5) is 0 Å². The van der Waals surface area contributed by atoms with Crippen molar-refractivity contribution < 1.29 is 9.47 Å². The molecule has 0 rings (SSSR count). The van der Waals surface area contributed by atoms with Gasteiger partial charge in [0.2, 0.25) is 0 Å². The predicted octanol–water partition coefficient (Wildman–Crippen LogP) is 22.8. The summed E-state index contributed by atoms with van der Waals surface area (Å²) in [4.78, 5) is 4.59. The van der Waals surface area contributed by atoms with Crippen molar-refractivity contribution >= 4 is 48.3 Å². The third kappa shape index (κ3) is 449. The van der Waals surface area contributed by atoms with Crippen molar-refractivity contribution in [2.24, 2.45) is 37.9 Å². The van der Waals surface area contributed by atoms with Crippen LogP contribution in [0.3, 0.4) is 0 Å². The molecule has 5 heteroatoms. The predicted molar refractivity (Wildman–Crippen MR) is 345 cm³/mol. The molecular formula is C61H144GeO2SSn. The van der Waals surface area contributed by atoms with Crippen molar-refractivity contribution in [3.8, 4) is 0 Å². The van der Waals surface area contributed by atoms with Crippen LogP contribution in [0, 0.1) is 37.9 Å². The molecule has 0 fully saturated rings. The molecule has 0 aromatic heterocycles. The summed E-state index contributed by atoms with van der Waals surface area (Å²) >= 11 is 2.10. The van der Waals surface area contributed by atoms with Crippen molar-refractivity contribution in [2.45, 2.75) is 220 Å². The fraction of sp³-hybridized carbons (Fsp3) is 0.738. The van der Waals surface area contributed by atoms with Crippen molar-refractivity contribution in [3.63, 3.8) is 0 Å². The Balaban J connectivity index is -0.0000000237. The van der Waals surface area contributed by atoms with E-state index in [-0.39, 0.29) is 42.2 Å². The second-order valence-corrected chi connectivity index (χ2v) is 28.9. The molecule has 0 saturated carbocycles. The van der Waals surface area contributed by atoms with E-state index in [1.165, 1.54) is 6.42 Å². The number of ether oxygens (including phenoxy) is 2. The van der Waals surface area contributed by atoms with E-state index in [1.807, 2.05) is 33.3 Å². The number of methoxy groups -OCH3 is 2. The van der Waals surface area contributed by atoms with Gasteiger partial charge in [-0.05, 0) is 71.2 Å². The summed E-state index contributed by atoms with van der Waals surface area (Å²) in [5, 5.41) is 0. The van der Waals surface area contributed by atoms with E-state index in [1.54, 1.807) is 33.1 Å². The van der Waals surface area contributed by atoms with Gasteiger partial charge < -0.3 is 9.47 Å². The summed E-state index contributed by atoms with van der Waals surface area (Å²) in [5.41, 5.74) is 3.33. The van der Waals surface area contributed by atoms with Gasteiger partial charge in [-0.25, -0.2) is 0 Å². The Hall–Kier alpha value is -0.468. The van der Waals surface area contributed by atoms with Gasteiger partial charge in [0.1, 0.15) is 0 Å². The van der Waals surface area contributed by atoms with E-state index >= 15 is 0 Å². The first-order chi connectivity index (χ1) is 29.3. The van der Waals surface area contributed by atoms with Crippen molar-refractivity contribution in [2.75, 3.05) is 33.8 Å². The van der Waals surface area contributed by atoms with E-state index in [2.05, 4.69) is 298 Å². The third-order valence-corrected chi connectivity index (χ3v) is 6.17. The molecule has 0 unspecified atom stereocenters. The molecule has 0 saturated heterocycles. The Morgan fingerprint density at radius 1 is 0.379 bits per heavy atom. The second-order valence-electron chi connectivity index (χ2n) is 22.3. The number of thioether (sulfide) groups is 1. The first kappa shape index (κ1) is 121. The summed E-state index contributed by atoms with van der Waals surface area (Å²) in [6.07, 6.45) is 5.35. The quantitative estimate of drug-likeness (QED) is 0.178. The summed E-state index contributed by atoms with van der Waals surface area (Å²) in [6.45, 7) is 108. The Morgan fingerprint density at radius 3 is 0.424 bits per heavy atom. The zero-order valence-corrected chi connectivity index (χ0v) is 61.1. The van der Waals surface area contributed by atoms with Crippen molar-refractivity contribution in [1.29, 1.82) is 0 Å². The molecule has 0 heterocycles. The van der Waals surface area contributed by atoms with Gasteiger partial charge in [-0.3, -0.25) is 0 Å². The van der Waals surface area contributed by atoms with Gasteiger partial charge in [-0.2, -0.15) is 11.8 Å². The number of hydrogen-bond acceptors (Lipinski definition) is 3. The third-order valence-electron chi connectivity index (χ3n) is 6.17. The number of hydrogen-bond donors (Lipinski definition) is 0. The fourth-order valence-electron chi connectivity index (χ4n) is 0. The molecule has 0 spiro atoms. The minimum atomic E-state index is 0.0417. The Bertz CT molecular complexity index is 579. The van der Waals surface area contributed by atoms with E-state index < -0.39 is 0 Å². The Labute approximate surface area is 452 Å². The normalized spacial score (nSPS) is 9.03. The molecular weight excluding hydrogens is 988 g/mol. The van der Waals surface area contributed by atoms with Gasteiger partial charge in [-0.15, -0.1) is 105 Å². The van der Waals surface area contributed by atoms with Crippen LogP contribution in [-0.4, -0.2) is 76.0 Å². The van der Waals surface area contributed by atoms with E-state index in [9.17, 15) is 0 Å². The van der Waals surface area contributed by atoms with Crippen LogP contribution in [0.5, 0.6) is 0 Å². The molecule has 2 radical (unpaired) electrons. The van der Waals surface area contributed by atoms with Crippen LogP contribution >= 0.6 is 11.8 Å². The molecule has 0 atom stereocenters. The maximum atomic E-state index is 4.94. The average molecular weight is 1130 g/mol. The molecule has 0 aromatic carbocycles. The van der Waals surface area contributed by atoms with Gasteiger partial charge in [0.25, 0.3) is 0 Å². The van der Waals surface area contributed by atoms with Crippen LogP contribution in [-0.2, 0) is 9.47 Å². The van der Waals surface area contributed by atoms with Gasteiger partial charge >= 0.3 is 58.0 Å². The first-order valence-electron chi connectivity index (χ1n) is 23.2. The van der Waals surface area contributed by atoms with Gasteiger partial charge in [0.15, 0.2) is 0 Å². The molecule has 66 heavy (non-hydrogen) atoms. The molecule has 0 bridgehead atoms. The molecule has 414 valence electrons. The minimum absolute atomic E-state index is 0.0417. The molecule has 0 N–H and O–H groups in total. The summed E-state index contributed by atoms with van der Waals surface area (Å²) in [5.74, 6) is 4.62. The van der Waals surface area contributed by atoms with E-state index in [4.69, 9.17) is 4.74 Å². The topological polar surface area (TPSA) is 18.5 Å². The molecule has 0 aromatic rings. The van der Waals surface area contributed by atoms with E-state index in [0.717, 1.165) is 0 Å². The van der Waals surface area contributed by atoms with Gasteiger partial charge in [0.05, 0.1) is 5.60 Å². The zero-order chi connectivity index (χ0) is 60.2. The Morgan fingerprint density at radius 2 is 0.424 bits per heavy atom. The molecule has 0 amide bonds. The fourth-order valence-corrected chi connectivity index (χ4v) is 0. The molecule has 0 aliphatic carbocycles. The van der Waals surface area contributed by atoms with Crippen LogP contribution in [0.1, 0.15) is 193 Å². The molecule has 2 nitrogen and oxygen atoms in total. The molecule has 0 aliphatic heterocycles. The second kappa shape index (κ2) is 90.9. The summed E-state index contributed by atoms with van der Waals surface area (Å²) in [6, 6.07) is 0. The first-order valence-corrected chi connectivity index (χ1v) is 36.5. The van der Waals surface area contributed by atoms with Crippen LogP contribution < -0.4 is 0 Å². The maximum absolute atomic E-state index is 4.94.